The number of β-amino-alcohol motifs (C(OH)–C–C–N with tert-alkyl or cyclic N) is 2. The number of rotatable bonds is 14. The van der Waals surface area contributed by atoms with Crippen molar-refractivity contribution >= 4 is 59.5 Å². The molecule has 0 radical (unpaired) electrons. The van der Waals surface area contributed by atoms with Gasteiger partial charge in [-0.3, -0.25) is 13.7 Å². The Hall–Kier alpha value is -2.99. The average molecular weight is 830 g/mol. The highest BCUT2D eigenvalue weighted by molar-refractivity contribution is 7.94. The zero-order valence-electron chi connectivity index (χ0n) is 29.4. The van der Waals surface area contributed by atoms with Crippen LogP contribution >= 0.6 is 12.0 Å². The van der Waals surface area contributed by atoms with E-state index in [0.717, 1.165) is 40.0 Å². The van der Waals surface area contributed by atoms with Crippen LogP contribution in [0.2, 0.25) is 0 Å². The van der Waals surface area contributed by atoms with Gasteiger partial charge in [0, 0.05) is 45.4 Å². The van der Waals surface area contributed by atoms with Gasteiger partial charge in [-0.1, -0.05) is 16.7 Å². The molecule has 4 aliphatic rings. The van der Waals surface area contributed by atoms with Gasteiger partial charge in [0.15, 0.2) is 12.3 Å². The minimum atomic E-state index is -4.55. The molecule has 0 saturated heterocycles. The first-order chi connectivity index (χ1) is 25.0. The van der Waals surface area contributed by atoms with Crippen molar-refractivity contribution in [2.75, 3.05) is 29.5 Å². The van der Waals surface area contributed by atoms with E-state index in [0.29, 0.717) is 53.2 Å². The van der Waals surface area contributed by atoms with Crippen LogP contribution in [0, 0.1) is 0 Å². The SMILES string of the molecule is CC(=CC1=C2N(CC(O)CS(=O)(=O)O)c3ccc(S(=O)(=O)O)cc3C2(C)CC1)C=C1CCC2(C)C1=[N+](CC(O)CS(=O)(=O)O)c1ccc(SOOO)cc12. The van der Waals surface area contributed by atoms with Crippen LogP contribution in [-0.2, 0) is 50.6 Å². The van der Waals surface area contributed by atoms with Crippen LogP contribution in [0.3, 0.4) is 0 Å². The van der Waals surface area contributed by atoms with E-state index in [1.807, 2.05) is 43.6 Å². The molecule has 2 aromatic rings. The fourth-order valence-corrected chi connectivity index (χ4v) is 10.7. The van der Waals surface area contributed by atoms with Gasteiger partial charge in [-0.25, -0.2) is 5.26 Å². The Bertz CT molecular complexity index is 2350. The van der Waals surface area contributed by atoms with E-state index >= 15 is 0 Å². The molecule has 2 aliphatic carbocycles. The number of fused-ring (bicyclic) bond motifs is 6. The van der Waals surface area contributed by atoms with E-state index in [1.165, 1.54) is 18.2 Å². The van der Waals surface area contributed by atoms with Crippen LogP contribution in [0.4, 0.5) is 11.4 Å². The van der Waals surface area contributed by atoms with E-state index < -0.39 is 64.9 Å². The standard InChI is InChI=1S/C34H40N2O14S4/c1-20(12-21-8-10-33(2)27-14-25(51-50-49-39)4-6-29(27)35(31(21)33)16-23(37)18-52(40,41)42)13-22-9-11-34(3)28-15-26(54(46,47)48)5-7-30(28)36(32(22)34)17-24(38)19-53(43,44)45/h4-7,12-15,23-24,37-38H,8-11,16-19H2,1-3H3,(H3-,39,40,41,42,43,44,45,46,47,48)/p+1. The molecule has 2 aliphatic heterocycles. The largest absolute Gasteiger partial charge is 0.390 e. The lowest BCUT2D eigenvalue weighted by atomic mass is 9.80. The Kier molecular flexibility index (Phi) is 10.9. The molecule has 4 unspecified atom stereocenters. The van der Waals surface area contributed by atoms with Crippen molar-refractivity contribution in [1.82, 2.24) is 0 Å². The molecule has 6 N–H and O–H groups in total. The predicted octanol–water partition coefficient (Wildman–Crippen LogP) is 3.71. The van der Waals surface area contributed by atoms with Gasteiger partial charge in [0.05, 0.1) is 28.5 Å². The maximum absolute atomic E-state index is 12.1. The van der Waals surface area contributed by atoms with Gasteiger partial charge in [-0.15, -0.1) is 4.33 Å². The van der Waals surface area contributed by atoms with Crippen LogP contribution in [0.25, 0.3) is 0 Å². The summed E-state index contributed by atoms with van der Waals surface area (Å²) in [7, 11) is -13.6. The molecule has 54 heavy (non-hydrogen) atoms. The molecule has 1 saturated carbocycles. The maximum Gasteiger partial charge on any atom is 0.294 e. The normalized spacial score (nSPS) is 24.6. The fraction of sp³-hybridized carbons (Fsp3) is 0.441. The maximum atomic E-state index is 12.1. The van der Waals surface area contributed by atoms with Crippen molar-refractivity contribution in [2.24, 2.45) is 0 Å². The Morgan fingerprint density at radius 2 is 1.59 bits per heavy atom. The molecule has 6 rings (SSSR count). The summed E-state index contributed by atoms with van der Waals surface area (Å²) in [5.41, 5.74) is 5.42. The van der Waals surface area contributed by atoms with Gasteiger partial charge in [0.2, 0.25) is 5.69 Å². The molecular formula is C34H41N2O14S4+. The predicted molar refractivity (Wildman–Crippen MR) is 197 cm³/mol. The quantitative estimate of drug-likeness (QED) is 0.0522. The zero-order valence-corrected chi connectivity index (χ0v) is 32.7. The lowest BCUT2D eigenvalue weighted by Gasteiger charge is -2.28. The second kappa shape index (κ2) is 14.5. The molecule has 0 aromatic heterocycles. The summed E-state index contributed by atoms with van der Waals surface area (Å²) in [6.45, 7) is 5.47. The summed E-state index contributed by atoms with van der Waals surface area (Å²) in [6, 6.07) is 9.48. The highest BCUT2D eigenvalue weighted by Gasteiger charge is 2.55. The third-order valence-corrected chi connectivity index (χ3v) is 13.6. The zero-order chi connectivity index (χ0) is 39.6. The monoisotopic (exact) mass is 829 g/mol. The lowest BCUT2D eigenvalue weighted by molar-refractivity contribution is -0.448. The number of aliphatic hydroxyl groups is 2. The minimum Gasteiger partial charge on any atom is -0.390 e. The van der Waals surface area contributed by atoms with Gasteiger partial charge in [-0.05, 0) is 94.0 Å². The van der Waals surface area contributed by atoms with Gasteiger partial charge < -0.3 is 15.1 Å². The van der Waals surface area contributed by atoms with Crippen molar-refractivity contribution in [3.63, 3.8) is 0 Å². The summed E-state index contributed by atoms with van der Waals surface area (Å²) in [5, 5.41) is 34.0. The molecule has 16 nitrogen and oxygen atoms in total. The first kappa shape index (κ1) is 40.7. The molecule has 294 valence electrons. The molecule has 2 heterocycles. The Labute approximate surface area is 317 Å². The van der Waals surface area contributed by atoms with Gasteiger partial charge in [0.25, 0.3) is 30.4 Å². The van der Waals surface area contributed by atoms with Crippen LogP contribution in [-0.4, -0.2) is 101 Å². The minimum absolute atomic E-state index is 0.140. The number of hydrogen-bond acceptors (Lipinski definition) is 13. The van der Waals surface area contributed by atoms with Crippen LogP contribution in [0.1, 0.15) is 57.6 Å². The first-order valence-electron chi connectivity index (χ1n) is 16.8. The highest BCUT2D eigenvalue weighted by Crippen LogP contribution is 2.57. The highest BCUT2D eigenvalue weighted by atomic mass is 32.2. The third kappa shape index (κ3) is 7.98. The molecule has 0 bridgehead atoms. The summed E-state index contributed by atoms with van der Waals surface area (Å²) in [4.78, 5) is 2.03. The Balaban J connectivity index is 1.43. The van der Waals surface area contributed by atoms with E-state index in [9.17, 15) is 49.1 Å². The first-order valence-corrected chi connectivity index (χ1v) is 22.2. The molecule has 2 aromatic carbocycles. The summed E-state index contributed by atoms with van der Waals surface area (Å²) in [5.74, 6) is -1.78. The van der Waals surface area contributed by atoms with Crippen molar-refractivity contribution in [3.8, 4) is 0 Å². The Morgan fingerprint density at radius 3 is 2.24 bits per heavy atom. The second-order valence-corrected chi connectivity index (χ2v) is 19.7. The van der Waals surface area contributed by atoms with E-state index in [2.05, 4.69) is 9.37 Å². The van der Waals surface area contributed by atoms with Crippen LogP contribution < -0.4 is 4.90 Å². The van der Waals surface area contributed by atoms with Crippen molar-refractivity contribution in [3.05, 3.63) is 82.1 Å². The van der Waals surface area contributed by atoms with Gasteiger partial charge in [0.1, 0.15) is 17.6 Å². The van der Waals surface area contributed by atoms with E-state index in [4.69, 9.17) is 5.26 Å². The van der Waals surface area contributed by atoms with Gasteiger partial charge >= 0.3 is 0 Å². The fourth-order valence-electron chi connectivity index (χ4n) is 8.58. The topological polar surface area (TPSA) is 249 Å². The summed E-state index contributed by atoms with van der Waals surface area (Å²) >= 11 is 0.788. The van der Waals surface area contributed by atoms with E-state index in [-0.39, 0.29) is 18.0 Å². The molecule has 0 amide bonds. The van der Waals surface area contributed by atoms with Crippen LogP contribution in [0.5, 0.6) is 0 Å². The number of hydrogen-bond donors (Lipinski definition) is 6. The number of benzene rings is 2. The molecule has 1 fully saturated rings. The van der Waals surface area contributed by atoms with E-state index in [1.54, 1.807) is 17.0 Å². The third-order valence-electron chi connectivity index (χ3n) is 10.5. The van der Waals surface area contributed by atoms with Crippen LogP contribution in [0.15, 0.2) is 80.8 Å². The molecule has 20 heteroatoms. The van der Waals surface area contributed by atoms with Gasteiger partial charge in [-0.2, -0.15) is 29.8 Å². The number of aliphatic hydroxyl groups excluding tert-OH is 2. The molecular weight excluding hydrogens is 789 g/mol. The number of nitrogens with zero attached hydrogens (tertiary/aromatic N) is 2. The summed E-state index contributed by atoms with van der Waals surface area (Å²) in [6.07, 6.45) is 3.34. The molecule has 0 spiro atoms. The van der Waals surface area contributed by atoms with Crippen molar-refractivity contribution in [1.29, 1.82) is 0 Å². The smallest absolute Gasteiger partial charge is 0.294 e. The summed E-state index contributed by atoms with van der Waals surface area (Å²) < 4.78 is 106. The van der Waals surface area contributed by atoms with Crippen molar-refractivity contribution < 1.29 is 68.3 Å². The molecule has 4 atom stereocenters. The Morgan fingerprint density at radius 1 is 0.926 bits per heavy atom. The average Bonchev–Trinajstić information content (AvgIpc) is 3.69. The van der Waals surface area contributed by atoms with Crippen molar-refractivity contribution in [2.45, 2.75) is 79.3 Å². The lowest BCUT2D eigenvalue weighted by Crippen LogP contribution is -2.36. The number of anilines is 1. The number of allylic oxidation sites excluding steroid dienone is 6. The second-order valence-electron chi connectivity index (χ2n) is 14.5.